The van der Waals surface area contributed by atoms with Crippen molar-refractivity contribution < 1.29 is 14.6 Å². The van der Waals surface area contributed by atoms with Crippen LogP contribution in [0.5, 0.6) is 0 Å². The molecule has 2 atom stereocenters. The number of amides is 1. The van der Waals surface area contributed by atoms with Gasteiger partial charge < -0.3 is 14.7 Å². The molecule has 122 valence electrons. The van der Waals surface area contributed by atoms with Gasteiger partial charge in [0.2, 0.25) is 5.91 Å². The molecule has 1 aliphatic rings. The molecule has 1 aliphatic heterocycles. The Morgan fingerprint density at radius 3 is 2.78 bits per heavy atom. The lowest BCUT2D eigenvalue weighted by Gasteiger charge is -2.16. The lowest BCUT2D eigenvalue weighted by molar-refractivity contribution is -0.130. The van der Waals surface area contributed by atoms with Gasteiger partial charge in [0.25, 0.3) is 0 Å². The number of hydrogen-bond donors (Lipinski definition) is 1. The molecule has 1 saturated heterocycles. The minimum Gasteiger partial charge on any atom is -0.388 e. The Labute approximate surface area is 133 Å². The molecular formula is C15H19N5O3. The van der Waals surface area contributed by atoms with Crippen molar-refractivity contribution in [3.63, 3.8) is 0 Å². The number of aliphatic hydroxyl groups is 1. The Balaban J connectivity index is 1.60. The predicted octanol–water partition coefficient (Wildman–Crippen LogP) is -0.187. The molecule has 23 heavy (non-hydrogen) atoms. The van der Waals surface area contributed by atoms with Gasteiger partial charge >= 0.3 is 0 Å². The van der Waals surface area contributed by atoms with E-state index in [1.54, 1.807) is 9.58 Å². The normalized spacial score (nSPS) is 20.9. The van der Waals surface area contributed by atoms with Gasteiger partial charge in [0.15, 0.2) is 0 Å². The van der Waals surface area contributed by atoms with Crippen LogP contribution in [0.4, 0.5) is 0 Å². The van der Waals surface area contributed by atoms with Crippen LogP contribution in [-0.2, 0) is 16.0 Å². The summed E-state index contributed by atoms with van der Waals surface area (Å²) in [5, 5.41) is 20.9. The lowest BCUT2D eigenvalue weighted by atomic mass is 10.1. The van der Waals surface area contributed by atoms with Crippen molar-refractivity contribution in [1.82, 2.24) is 25.1 Å². The Kier molecular flexibility index (Phi) is 4.63. The number of β-amino-alcohol motifs (C(OH)–C–C–N with tert-alkyl or cyclic N) is 1. The van der Waals surface area contributed by atoms with Crippen molar-refractivity contribution in [2.24, 2.45) is 0 Å². The lowest BCUT2D eigenvalue weighted by Crippen LogP contribution is -2.31. The molecule has 1 aromatic heterocycles. The zero-order valence-corrected chi connectivity index (χ0v) is 12.9. The van der Waals surface area contributed by atoms with Crippen LogP contribution in [0.1, 0.15) is 12.5 Å². The van der Waals surface area contributed by atoms with Crippen molar-refractivity contribution in [2.45, 2.75) is 25.6 Å². The van der Waals surface area contributed by atoms with E-state index in [0.717, 1.165) is 11.3 Å². The van der Waals surface area contributed by atoms with E-state index in [1.165, 1.54) is 6.33 Å². The molecule has 8 nitrogen and oxygen atoms in total. The molecule has 8 heteroatoms. The Morgan fingerprint density at radius 1 is 1.35 bits per heavy atom. The van der Waals surface area contributed by atoms with Gasteiger partial charge in [-0.3, -0.25) is 4.79 Å². The molecule has 1 aromatic carbocycles. The number of rotatable bonds is 5. The molecule has 0 aliphatic carbocycles. The van der Waals surface area contributed by atoms with Gasteiger partial charge in [-0.25, -0.2) is 4.68 Å². The smallest absolute Gasteiger partial charge is 0.227 e. The second-order valence-electron chi connectivity index (χ2n) is 5.46. The molecule has 0 saturated carbocycles. The quantitative estimate of drug-likeness (QED) is 0.822. The summed E-state index contributed by atoms with van der Waals surface area (Å²) < 4.78 is 6.99. The number of carbonyl (C=O) groups excluding carboxylic acids is 1. The number of tetrazole rings is 1. The number of aromatic nitrogens is 4. The molecule has 1 fully saturated rings. The first-order valence-electron chi connectivity index (χ1n) is 7.57. The first-order chi connectivity index (χ1) is 11.2. The monoisotopic (exact) mass is 317 g/mol. The van der Waals surface area contributed by atoms with E-state index in [0.29, 0.717) is 26.1 Å². The van der Waals surface area contributed by atoms with Gasteiger partial charge in [0.1, 0.15) is 12.4 Å². The summed E-state index contributed by atoms with van der Waals surface area (Å²) in [5.41, 5.74) is 1.74. The van der Waals surface area contributed by atoms with E-state index >= 15 is 0 Å². The fourth-order valence-electron chi connectivity index (χ4n) is 2.67. The molecular weight excluding hydrogens is 298 g/mol. The average molecular weight is 317 g/mol. The highest BCUT2D eigenvalue weighted by molar-refractivity contribution is 5.79. The first kappa shape index (κ1) is 15.6. The van der Waals surface area contributed by atoms with Gasteiger partial charge in [-0.1, -0.05) is 12.1 Å². The van der Waals surface area contributed by atoms with Crippen LogP contribution in [0.2, 0.25) is 0 Å². The summed E-state index contributed by atoms with van der Waals surface area (Å²) >= 11 is 0. The SMILES string of the molecule is CCO[C@@H]1CN(C(=O)Cc2ccc(-n3cnnn3)cc2)C[C@H]1O. The van der Waals surface area contributed by atoms with E-state index in [2.05, 4.69) is 15.5 Å². The molecule has 0 radical (unpaired) electrons. The van der Waals surface area contributed by atoms with Crippen LogP contribution in [-0.4, -0.2) is 68.0 Å². The third-order valence-corrected chi connectivity index (χ3v) is 3.88. The standard InChI is InChI=1S/C15H19N5O3/c1-2-23-14-9-19(8-13(14)21)15(22)7-11-3-5-12(6-4-11)20-10-16-17-18-20/h3-6,10,13-14,21H,2,7-9H2,1H3/t13-,14-/m1/s1. The Hall–Kier alpha value is -2.32. The van der Waals surface area contributed by atoms with Gasteiger partial charge in [-0.2, -0.15) is 0 Å². The van der Waals surface area contributed by atoms with Crippen molar-refractivity contribution >= 4 is 5.91 Å². The number of hydrogen-bond acceptors (Lipinski definition) is 6. The maximum atomic E-state index is 12.3. The third kappa shape index (κ3) is 3.54. The number of carbonyl (C=O) groups is 1. The van der Waals surface area contributed by atoms with Crippen LogP contribution in [0.3, 0.4) is 0 Å². The summed E-state index contributed by atoms with van der Waals surface area (Å²) in [6.07, 6.45) is 0.911. The molecule has 2 aromatic rings. The maximum Gasteiger partial charge on any atom is 0.227 e. The molecule has 1 N–H and O–H groups in total. The van der Waals surface area contributed by atoms with E-state index in [9.17, 15) is 9.90 Å². The van der Waals surface area contributed by atoms with Gasteiger partial charge in [-0.05, 0) is 35.0 Å². The number of aliphatic hydroxyl groups excluding tert-OH is 1. The van der Waals surface area contributed by atoms with Crippen LogP contribution in [0.25, 0.3) is 5.69 Å². The van der Waals surface area contributed by atoms with E-state index in [1.807, 2.05) is 31.2 Å². The van der Waals surface area contributed by atoms with Crippen molar-refractivity contribution in [3.8, 4) is 5.69 Å². The van der Waals surface area contributed by atoms with Gasteiger partial charge in [-0.15, -0.1) is 5.10 Å². The molecule has 1 amide bonds. The first-order valence-corrected chi connectivity index (χ1v) is 7.57. The number of likely N-dealkylation sites (tertiary alicyclic amines) is 1. The minimum absolute atomic E-state index is 0.0126. The third-order valence-electron chi connectivity index (χ3n) is 3.88. The fourth-order valence-corrected chi connectivity index (χ4v) is 2.67. The molecule has 2 heterocycles. The topological polar surface area (TPSA) is 93.4 Å². The molecule has 0 spiro atoms. The zero-order valence-electron chi connectivity index (χ0n) is 12.9. The zero-order chi connectivity index (χ0) is 16.2. The van der Waals surface area contributed by atoms with Crippen LogP contribution in [0.15, 0.2) is 30.6 Å². The largest absolute Gasteiger partial charge is 0.388 e. The highest BCUT2D eigenvalue weighted by Crippen LogP contribution is 2.16. The fraction of sp³-hybridized carbons (Fsp3) is 0.467. The number of ether oxygens (including phenoxy) is 1. The molecule has 3 rings (SSSR count). The highest BCUT2D eigenvalue weighted by atomic mass is 16.5. The van der Waals surface area contributed by atoms with E-state index in [4.69, 9.17) is 4.74 Å². The van der Waals surface area contributed by atoms with Gasteiger partial charge in [0, 0.05) is 19.7 Å². The van der Waals surface area contributed by atoms with Crippen molar-refractivity contribution in [3.05, 3.63) is 36.2 Å². The van der Waals surface area contributed by atoms with Crippen molar-refractivity contribution in [1.29, 1.82) is 0 Å². The Morgan fingerprint density at radius 2 is 2.13 bits per heavy atom. The second kappa shape index (κ2) is 6.84. The molecule has 0 bridgehead atoms. The average Bonchev–Trinajstić information content (AvgIpc) is 3.19. The predicted molar refractivity (Wildman–Crippen MR) is 80.9 cm³/mol. The van der Waals surface area contributed by atoms with E-state index in [-0.39, 0.29) is 12.0 Å². The van der Waals surface area contributed by atoms with Crippen LogP contribution in [0, 0.1) is 0 Å². The Bertz CT molecular complexity index is 644. The summed E-state index contributed by atoms with van der Waals surface area (Å²) in [6.45, 7) is 3.18. The maximum absolute atomic E-state index is 12.3. The van der Waals surface area contributed by atoms with Gasteiger partial charge in [0.05, 0.1) is 18.2 Å². The summed E-state index contributed by atoms with van der Waals surface area (Å²) in [5.74, 6) is -0.0126. The second-order valence-corrected chi connectivity index (χ2v) is 5.46. The van der Waals surface area contributed by atoms with E-state index < -0.39 is 6.10 Å². The van der Waals surface area contributed by atoms with Crippen molar-refractivity contribution in [2.75, 3.05) is 19.7 Å². The minimum atomic E-state index is -0.610. The van der Waals surface area contributed by atoms with Crippen LogP contribution >= 0.6 is 0 Å². The summed E-state index contributed by atoms with van der Waals surface area (Å²) in [7, 11) is 0. The number of nitrogens with zero attached hydrogens (tertiary/aromatic N) is 5. The summed E-state index contributed by atoms with van der Waals surface area (Å²) in [6, 6.07) is 7.48. The molecule has 0 unspecified atom stereocenters. The van der Waals surface area contributed by atoms with Crippen LogP contribution < -0.4 is 0 Å². The number of benzene rings is 1. The summed E-state index contributed by atoms with van der Waals surface area (Å²) in [4.78, 5) is 14.0. The highest BCUT2D eigenvalue weighted by Gasteiger charge is 2.34.